The Morgan fingerprint density at radius 2 is 1.71 bits per heavy atom. The van der Waals surface area contributed by atoms with Crippen LogP contribution in [0.25, 0.3) is 0 Å². The third-order valence-corrected chi connectivity index (χ3v) is 8.35. The first-order valence-corrected chi connectivity index (χ1v) is 16.2. The van der Waals surface area contributed by atoms with Crippen molar-refractivity contribution in [2.24, 2.45) is 17.6 Å². The molecule has 1 aromatic carbocycles. The van der Waals surface area contributed by atoms with Gasteiger partial charge in [0, 0.05) is 12.1 Å². The molecule has 0 bridgehead atoms. The van der Waals surface area contributed by atoms with Crippen molar-refractivity contribution in [3.05, 3.63) is 62.2 Å². The summed E-state index contributed by atoms with van der Waals surface area (Å²) in [6.45, 7) is 6.75. The molecule has 1 heterocycles. The van der Waals surface area contributed by atoms with E-state index >= 15 is 0 Å². The summed E-state index contributed by atoms with van der Waals surface area (Å²) < 4.78 is 19.4. The number of halogens is 1. The maximum absolute atomic E-state index is 14.0. The van der Waals surface area contributed by atoms with Crippen LogP contribution in [0.4, 0.5) is 4.39 Å². The van der Waals surface area contributed by atoms with Crippen molar-refractivity contribution in [3.63, 3.8) is 0 Å². The molecule has 15 heteroatoms. The van der Waals surface area contributed by atoms with Crippen LogP contribution >= 0.6 is 0 Å². The van der Waals surface area contributed by atoms with E-state index in [0.29, 0.717) is 18.6 Å². The standard InChI is InChI=1S/C33H48FN7O7/c1-18(2)25(38-27(42)22(35)17-36-30(45)26-24(34)29(44)40-32(47)39-26)31(46)37-23(15-19-10-7-6-8-11-19)28(43)41-33(3,4)16-20-12-9-13-21(14-20)48-5/h9,12-14,18-19,22-23,25H,6-8,10-11,15-17,35H2,1-5H3,(H,36,45)(H,37,46)(H,38,42)(H,41,43)(H2,39,40,44,47)/t22-,23-,25-/m0/s1. The van der Waals surface area contributed by atoms with Crippen LogP contribution in [-0.2, 0) is 20.8 Å². The third kappa shape index (κ3) is 11.0. The molecule has 1 aromatic heterocycles. The van der Waals surface area contributed by atoms with Gasteiger partial charge in [-0.1, -0.05) is 58.1 Å². The maximum atomic E-state index is 14.0. The summed E-state index contributed by atoms with van der Waals surface area (Å²) in [6.07, 6.45) is 6.10. The van der Waals surface area contributed by atoms with Gasteiger partial charge in [-0.25, -0.2) is 4.79 Å². The molecule has 264 valence electrons. The van der Waals surface area contributed by atoms with E-state index in [1.165, 1.54) is 0 Å². The number of amides is 4. The Hall–Kier alpha value is -4.53. The molecule has 14 nitrogen and oxygen atoms in total. The van der Waals surface area contributed by atoms with Gasteiger partial charge < -0.3 is 36.7 Å². The fraction of sp³-hybridized carbons (Fsp3) is 0.576. The molecule has 3 atom stereocenters. The molecule has 3 rings (SSSR count). The zero-order valence-corrected chi connectivity index (χ0v) is 28.2. The van der Waals surface area contributed by atoms with Crippen LogP contribution < -0.4 is 43.0 Å². The van der Waals surface area contributed by atoms with Crippen molar-refractivity contribution >= 4 is 23.6 Å². The summed E-state index contributed by atoms with van der Waals surface area (Å²) >= 11 is 0. The molecule has 0 spiro atoms. The van der Waals surface area contributed by atoms with Gasteiger partial charge in [0.15, 0.2) is 0 Å². The maximum Gasteiger partial charge on any atom is 0.326 e. The lowest BCUT2D eigenvalue weighted by Gasteiger charge is -2.33. The monoisotopic (exact) mass is 673 g/mol. The minimum atomic E-state index is -1.50. The average molecular weight is 674 g/mol. The molecule has 0 saturated heterocycles. The third-order valence-electron chi connectivity index (χ3n) is 8.35. The lowest BCUT2D eigenvalue weighted by atomic mass is 9.84. The van der Waals surface area contributed by atoms with Crippen LogP contribution in [0.5, 0.6) is 5.75 Å². The summed E-state index contributed by atoms with van der Waals surface area (Å²) in [5.74, 6) is -3.82. The number of hydrogen-bond donors (Lipinski definition) is 7. The molecule has 8 N–H and O–H groups in total. The van der Waals surface area contributed by atoms with E-state index in [9.17, 15) is 33.2 Å². The van der Waals surface area contributed by atoms with Crippen LogP contribution in [-0.4, -0.2) is 70.9 Å². The lowest BCUT2D eigenvalue weighted by molar-refractivity contribution is -0.134. The number of H-pyrrole nitrogens is 2. The fourth-order valence-corrected chi connectivity index (χ4v) is 5.81. The Balaban J connectivity index is 1.68. The van der Waals surface area contributed by atoms with Crippen LogP contribution in [0, 0.1) is 17.7 Å². The summed E-state index contributed by atoms with van der Waals surface area (Å²) in [6, 6.07) is 4.27. The first-order chi connectivity index (χ1) is 22.6. The minimum absolute atomic E-state index is 0.250. The molecule has 0 aliphatic heterocycles. The normalized spacial score (nSPS) is 15.6. The molecule has 1 aliphatic rings. The zero-order chi connectivity index (χ0) is 35.6. The van der Waals surface area contributed by atoms with Crippen LogP contribution in [0.3, 0.4) is 0 Å². The Bertz CT molecular complexity index is 1570. The number of nitrogens with one attached hydrogen (secondary N) is 6. The highest BCUT2D eigenvalue weighted by atomic mass is 19.1. The number of methoxy groups -OCH3 is 1. The van der Waals surface area contributed by atoms with Gasteiger partial charge in [-0.05, 0) is 56.2 Å². The summed E-state index contributed by atoms with van der Waals surface area (Å²) in [7, 11) is 1.59. The highest BCUT2D eigenvalue weighted by molar-refractivity contribution is 5.95. The van der Waals surface area contributed by atoms with Gasteiger partial charge in [0.2, 0.25) is 23.5 Å². The van der Waals surface area contributed by atoms with E-state index in [1.54, 1.807) is 25.9 Å². The SMILES string of the molecule is COc1cccc(CC(C)(C)NC(=O)[C@H](CC2CCCCC2)NC(=O)[C@@H](NC(=O)[C@@H](N)CNC(=O)c2[nH]c(=O)[nH]c(=O)c2F)C(C)C)c1. The molecular weight excluding hydrogens is 625 g/mol. The topological polar surface area (TPSA) is 217 Å². The van der Waals surface area contributed by atoms with E-state index in [1.807, 2.05) is 43.1 Å². The largest absolute Gasteiger partial charge is 0.497 e. The van der Waals surface area contributed by atoms with E-state index in [-0.39, 0.29) is 11.8 Å². The lowest BCUT2D eigenvalue weighted by Crippen LogP contribution is -2.60. The first kappa shape index (κ1) is 37.9. The first-order valence-electron chi connectivity index (χ1n) is 16.2. The van der Waals surface area contributed by atoms with Gasteiger partial charge >= 0.3 is 5.69 Å². The minimum Gasteiger partial charge on any atom is -0.497 e. The van der Waals surface area contributed by atoms with Crippen molar-refractivity contribution in [1.82, 2.24) is 31.2 Å². The number of hydrogen-bond acceptors (Lipinski definition) is 8. The zero-order valence-electron chi connectivity index (χ0n) is 28.2. The highest BCUT2D eigenvalue weighted by Crippen LogP contribution is 2.28. The van der Waals surface area contributed by atoms with E-state index in [4.69, 9.17) is 10.5 Å². The molecule has 2 aromatic rings. The van der Waals surface area contributed by atoms with Crippen LogP contribution in [0.1, 0.15) is 82.3 Å². The second kappa shape index (κ2) is 17.0. The number of rotatable bonds is 15. The molecule has 48 heavy (non-hydrogen) atoms. The smallest absolute Gasteiger partial charge is 0.326 e. The number of carbonyl (C=O) groups excluding carboxylic acids is 4. The van der Waals surface area contributed by atoms with Crippen LogP contribution in [0.15, 0.2) is 33.9 Å². The molecule has 4 amide bonds. The van der Waals surface area contributed by atoms with Crippen LogP contribution in [0.2, 0.25) is 0 Å². The molecule has 1 fully saturated rings. The number of aromatic nitrogens is 2. The molecule has 1 saturated carbocycles. The predicted octanol–water partition coefficient (Wildman–Crippen LogP) is 1.00. The van der Waals surface area contributed by atoms with Crippen molar-refractivity contribution in [3.8, 4) is 5.75 Å². The number of nitrogens with two attached hydrogens (primary N) is 1. The summed E-state index contributed by atoms with van der Waals surface area (Å²) in [4.78, 5) is 79.2. The highest BCUT2D eigenvalue weighted by Gasteiger charge is 2.34. The van der Waals surface area contributed by atoms with E-state index in [0.717, 1.165) is 37.7 Å². The Morgan fingerprint density at radius 1 is 1.02 bits per heavy atom. The van der Waals surface area contributed by atoms with Gasteiger partial charge in [-0.3, -0.25) is 29.0 Å². The molecular formula is C33H48FN7O7. The Morgan fingerprint density at radius 3 is 2.35 bits per heavy atom. The quantitative estimate of drug-likeness (QED) is 0.144. The second-order valence-electron chi connectivity index (χ2n) is 13.3. The van der Waals surface area contributed by atoms with Crippen molar-refractivity contribution in [2.75, 3.05) is 13.7 Å². The van der Waals surface area contributed by atoms with Crippen molar-refractivity contribution in [2.45, 2.75) is 96.3 Å². The summed E-state index contributed by atoms with van der Waals surface area (Å²) in [5.41, 5.74) is 2.88. The van der Waals surface area contributed by atoms with E-state index < -0.39 is 76.6 Å². The molecule has 0 radical (unpaired) electrons. The fourth-order valence-electron chi connectivity index (χ4n) is 5.81. The average Bonchev–Trinajstić information content (AvgIpc) is 3.03. The second-order valence-corrected chi connectivity index (χ2v) is 13.3. The van der Waals surface area contributed by atoms with Gasteiger partial charge in [-0.2, -0.15) is 4.39 Å². The van der Waals surface area contributed by atoms with Gasteiger partial charge in [0.05, 0.1) is 7.11 Å². The van der Waals surface area contributed by atoms with Crippen molar-refractivity contribution < 1.29 is 28.3 Å². The van der Waals surface area contributed by atoms with Gasteiger partial charge in [-0.15, -0.1) is 0 Å². The number of benzene rings is 1. The van der Waals surface area contributed by atoms with Gasteiger partial charge in [0.25, 0.3) is 11.5 Å². The summed E-state index contributed by atoms with van der Waals surface area (Å²) in [5, 5.41) is 10.8. The van der Waals surface area contributed by atoms with E-state index in [2.05, 4.69) is 21.3 Å². The number of ether oxygens (including phenoxy) is 1. The molecule has 1 aliphatic carbocycles. The Kier molecular flexibility index (Phi) is 13.5. The van der Waals surface area contributed by atoms with Crippen molar-refractivity contribution in [1.29, 1.82) is 0 Å². The predicted molar refractivity (Wildman–Crippen MR) is 177 cm³/mol. The molecule has 0 unspecified atom stereocenters. The number of carbonyl (C=O) groups is 4. The van der Waals surface area contributed by atoms with Gasteiger partial charge in [0.1, 0.15) is 29.6 Å². The Labute approximate surface area is 278 Å². The number of aromatic amines is 2.